The van der Waals surface area contributed by atoms with E-state index in [1.807, 2.05) is 0 Å². The monoisotopic (exact) mass is 316 g/mol. The van der Waals surface area contributed by atoms with Gasteiger partial charge >= 0.3 is 0 Å². The van der Waals surface area contributed by atoms with Gasteiger partial charge in [-0.15, -0.1) is 0 Å². The van der Waals surface area contributed by atoms with Crippen molar-refractivity contribution in [2.75, 3.05) is 40.0 Å². The molecule has 0 aliphatic carbocycles. The zero-order chi connectivity index (χ0) is 15.0. The first kappa shape index (κ1) is 16.6. The molecule has 0 saturated carbocycles. The Balaban J connectivity index is 0.000000139. The van der Waals surface area contributed by atoms with Crippen molar-refractivity contribution in [1.82, 2.24) is 0 Å². The van der Waals surface area contributed by atoms with Gasteiger partial charge in [0.15, 0.2) is 0 Å². The van der Waals surface area contributed by atoms with Crippen LogP contribution in [0.4, 0.5) is 0 Å². The average Bonchev–Trinajstić information content (AvgIpc) is 3.42. The Morgan fingerprint density at radius 3 is 1.14 bits per heavy atom. The third-order valence-electron chi connectivity index (χ3n) is 4.29. The summed E-state index contributed by atoms with van der Waals surface area (Å²) < 4.78 is 31.0. The number of ether oxygens (including phenoxy) is 6. The summed E-state index contributed by atoms with van der Waals surface area (Å²) >= 11 is 0. The summed E-state index contributed by atoms with van der Waals surface area (Å²) in [7, 11) is 0. The molecule has 0 spiro atoms. The molecule has 128 valence electrons. The Morgan fingerprint density at radius 1 is 0.500 bits per heavy atom. The quantitative estimate of drug-likeness (QED) is 0.637. The Morgan fingerprint density at radius 2 is 0.864 bits per heavy atom. The summed E-state index contributed by atoms with van der Waals surface area (Å²) in [6.45, 7) is 4.45. The molecule has 4 rings (SSSR count). The third kappa shape index (κ3) is 6.89. The summed E-state index contributed by atoms with van der Waals surface area (Å²) in [5.74, 6) is 0. The third-order valence-corrected chi connectivity index (χ3v) is 4.29. The van der Waals surface area contributed by atoms with Gasteiger partial charge in [-0.2, -0.15) is 0 Å². The molecule has 6 nitrogen and oxygen atoms in total. The molecule has 0 N–H and O–H groups in total. The zero-order valence-corrected chi connectivity index (χ0v) is 13.2. The molecule has 4 fully saturated rings. The van der Waals surface area contributed by atoms with Crippen LogP contribution in [0.2, 0.25) is 0 Å². The van der Waals surface area contributed by atoms with Gasteiger partial charge in [-0.05, 0) is 38.5 Å². The first-order chi connectivity index (χ1) is 10.9. The van der Waals surface area contributed by atoms with E-state index in [0.29, 0.717) is 38.0 Å². The lowest BCUT2D eigenvalue weighted by Gasteiger charge is -2.09. The molecule has 4 saturated heterocycles. The maximum Gasteiger partial charge on any atom is 0.147 e. The molecule has 4 atom stereocenters. The van der Waals surface area contributed by atoms with Crippen LogP contribution < -0.4 is 0 Å². The second kappa shape index (κ2) is 9.15. The highest BCUT2D eigenvalue weighted by molar-refractivity contribution is 4.73. The summed E-state index contributed by atoms with van der Waals surface area (Å²) in [4.78, 5) is 0. The smallest absolute Gasteiger partial charge is 0.147 e. The van der Waals surface area contributed by atoms with Gasteiger partial charge in [-0.25, -0.2) is 0 Å². The molecule has 0 amide bonds. The van der Waals surface area contributed by atoms with Gasteiger partial charge in [0, 0.05) is 0 Å². The van der Waals surface area contributed by atoms with Crippen LogP contribution in [-0.2, 0) is 28.4 Å². The fraction of sp³-hybridized carbons (Fsp3) is 1.00. The normalized spacial score (nSPS) is 36.0. The van der Waals surface area contributed by atoms with E-state index in [-0.39, 0.29) is 0 Å². The highest BCUT2D eigenvalue weighted by Crippen LogP contribution is 2.21. The average molecular weight is 316 g/mol. The molecular weight excluding hydrogens is 288 g/mol. The molecule has 4 aliphatic rings. The molecule has 4 heterocycles. The van der Waals surface area contributed by atoms with Gasteiger partial charge in [-0.1, -0.05) is 0 Å². The minimum absolute atomic E-state index is 0.308. The molecule has 22 heavy (non-hydrogen) atoms. The Bertz CT molecular complexity index is 265. The molecule has 0 aromatic carbocycles. The molecule has 0 bridgehead atoms. The van der Waals surface area contributed by atoms with Crippen molar-refractivity contribution in [2.24, 2.45) is 0 Å². The van der Waals surface area contributed by atoms with Crippen molar-refractivity contribution in [3.8, 4) is 0 Å². The molecule has 0 aromatic heterocycles. The van der Waals surface area contributed by atoms with Crippen LogP contribution in [0.3, 0.4) is 0 Å². The van der Waals surface area contributed by atoms with Crippen LogP contribution in [0.25, 0.3) is 0 Å². The summed E-state index contributed by atoms with van der Waals surface area (Å²) in [5.41, 5.74) is 0. The highest BCUT2D eigenvalue weighted by Gasteiger charge is 2.25. The van der Waals surface area contributed by atoms with E-state index in [2.05, 4.69) is 0 Å². The van der Waals surface area contributed by atoms with Gasteiger partial charge in [0.05, 0.1) is 50.8 Å². The maximum absolute atomic E-state index is 5.32. The van der Waals surface area contributed by atoms with Crippen molar-refractivity contribution in [1.29, 1.82) is 0 Å². The van der Waals surface area contributed by atoms with Crippen molar-refractivity contribution in [3.63, 3.8) is 0 Å². The fourth-order valence-electron chi connectivity index (χ4n) is 2.69. The minimum Gasteiger partial charge on any atom is -0.373 e. The lowest BCUT2D eigenvalue weighted by atomic mass is 10.1. The van der Waals surface area contributed by atoms with E-state index in [9.17, 15) is 0 Å². The van der Waals surface area contributed by atoms with Gasteiger partial charge in [-0.3, -0.25) is 0 Å². The molecule has 4 unspecified atom stereocenters. The van der Waals surface area contributed by atoms with Crippen LogP contribution in [-0.4, -0.2) is 64.4 Å². The van der Waals surface area contributed by atoms with Gasteiger partial charge in [0.1, 0.15) is 13.6 Å². The predicted molar refractivity (Wildman–Crippen MR) is 78.6 cm³/mol. The first-order valence-corrected chi connectivity index (χ1v) is 8.52. The zero-order valence-electron chi connectivity index (χ0n) is 13.2. The Kier molecular flexibility index (Phi) is 6.91. The molecular formula is C16H28O6. The summed E-state index contributed by atoms with van der Waals surface area (Å²) in [6, 6.07) is 0. The van der Waals surface area contributed by atoms with E-state index in [1.54, 1.807) is 0 Å². The number of hydrogen-bond acceptors (Lipinski definition) is 6. The summed E-state index contributed by atoms with van der Waals surface area (Å²) in [6.07, 6.45) is 8.90. The van der Waals surface area contributed by atoms with E-state index in [4.69, 9.17) is 28.4 Å². The van der Waals surface area contributed by atoms with Crippen LogP contribution >= 0.6 is 0 Å². The van der Waals surface area contributed by atoms with Crippen molar-refractivity contribution in [2.45, 2.75) is 62.9 Å². The van der Waals surface area contributed by atoms with Crippen LogP contribution in [0.1, 0.15) is 38.5 Å². The van der Waals surface area contributed by atoms with Crippen molar-refractivity contribution < 1.29 is 28.4 Å². The standard InChI is InChI=1S/C9H16O4.C7H12O2/c1(2-8-4-10-6-12-8)3-9-5-11-7-13-9;1(2-6-4-8-6)3-7-5-9-7/h8-9H,1-7H2;6-7H,1-5H2. The number of rotatable bonds is 8. The highest BCUT2D eigenvalue weighted by atomic mass is 16.7. The Labute approximate surface area is 132 Å². The first-order valence-electron chi connectivity index (χ1n) is 8.52. The topological polar surface area (TPSA) is 62.0 Å². The molecule has 0 aromatic rings. The van der Waals surface area contributed by atoms with Crippen LogP contribution in [0, 0.1) is 0 Å². The number of hydrogen-bond donors (Lipinski definition) is 0. The van der Waals surface area contributed by atoms with Gasteiger partial charge in [0.2, 0.25) is 0 Å². The molecule has 6 heteroatoms. The van der Waals surface area contributed by atoms with E-state index >= 15 is 0 Å². The SMILES string of the molecule is C(CC1CO1)CC1CO1.C(CC1COCO1)CC1COCO1. The molecule has 4 aliphatic heterocycles. The van der Waals surface area contributed by atoms with E-state index in [1.165, 1.54) is 19.3 Å². The van der Waals surface area contributed by atoms with Crippen LogP contribution in [0.15, 0.2) is 0 Å². The summed E-state index contributed by atoms with van der Waals surface area (Å²) in [5, 5.41) is 0. The Hall–Kier alpha value is -0.240. The molecule has 0 radical (unpaired) electrons. The number of epoxide rings is 2. The van der Waals surface area contributed by atoms with Crippen molar-refractivity contribution >= 4 is 0 Å². The van der Waals surface area contributed by atoms with Gasteiger partial charge in [0.25, 0.3) is 0 Å². The second-order valence-electron chi connectivity index (χ2n) is 6.33. The lowest BCUT2D eigenvalue weighted by Crippen LogP contribution is -2.13. The van der Waals surface area contributed by atoms with E-state index in [0.717, 1.165) is 45.7 Å². The lowest BCUT2D eigenvalue weighted by molar-refractivity contribution is 0.0364. The second-order valence-corrected chi connectivity index (χ2v) is 6.33. The van der Waals surface area contributed by atoms with E-state index < -0.39 is 0 Å². The van der Waals surface area contributed by atoms with Gasteiger partial charge < -0.3 is 28.4 Å². The fourth-order valence-corrected chi connectivity index (χ4v) is 2.69. The van der Waals surface area contributed by atoms with Crippen molar-refractivity contribution in [3.05, 3.63) is 0 Å². The largest absolute Gasteiger partial charge is 0.373 e. The predicted octanol–water partition coefficient (Wildman–Crippen LogP) is 1.86. The minimum atomic E-state index is 0.308. The maximum atomic E-state index is 5.32. The van der Waals surface area contributed by atoms with Crippen LogP contribution in [0.5, 0.6) is 0 Å².